The zero-order valence-electron chi connectivity index (χ0n) is 16.9. The molecule has 0 amide bonds. The summed E-state index contributed by atoms with van der Waals surface area (Å²) < 4.78 is 17.0. The van der Waals surface area contributed by atoms with Crippen LogP contribution in [0.1, 0.15) is 5.56 Å². The zero-order chi connectivity index (χ0) is 21.7. The minimum Gasteiger partial charge on any atom is -0.508 e. The van der Waals surface area contributed by atoms with Crippen molar-refractivity contribution in [3.05, 3.63) is 70.7 Å². The number of halogens is 2. The molecule has 0 saturated carbocycles. The van der Waals surface area contributed by atoms with Gasteiger partial charge in [-0.2, -0.15) is 0 Å². The molecule has 0 spiro atoms. The number of rotatable bonds is 7. The number of aryl methyl sites for hydroxylation is 1. The van der Waals surface area contributed by atoms with Crippen molar-refractivity contribution >= 4 is 23.2 Å². The predicted molar refractivity (Wildman–Crippen MR) is 122 cm³/mol. The standard InChI is InChI=1S/C24H22Cl2O4/c1-15-12-20(16-4-7-18(27)8-5-16)22(28-2)14-19(15)17-6-9-21(23(13-17)29-3)30-11-10-24(25)26/h4-10,12-14,27H,11H2,1-3H3. The molecule has 0 saturated heterocycles. The monoisotopic (exact) mass is 444 g/mol. The highest BCUT2D eigenvalue weighted by Gasteiger charge is 2.14. The van der Waals surface area contributed by atoms with Gasteiger partial charge in [0.1, 0.15) is 22.6 Å². The molecule has 0 unspecified atom stereocenters. The van der Waals surface area contributed by atoms with E-state index in [1.54, 1.807) is 32.4 Å². The second kappa shape index (κ2) is 9.79. The highest BCUT2D eigenvalue weighted by Crippen LogP contribution is 2.39. The summed E-state index contributed by atoms with van der Waals surface area (Å²) in [5.41, 5.74) is 4.98. The van der Waals surface area contributed by atoms with E-state index in [1.807, 2.05) is 43.3 Å². The van der Waals surface area contributed by atoms with Crippen LogP contribution in [0.3, 0.4) is 0 Å². The topological polar surface area (TPSA) is 47.9 Å². The van der Waals surface area contributed by atoms with Crippen molar-refractivity contribution in [2.24, 2.45) is 0 Å². The average molecular weight is 445 g/mol. The lowest BCUT2D eigenvalue weighted by Gasteiger charge is -2.16. The van der Waals surface area contributed by atoms with Crippen molar-refractivity contribution in [2.45, 2.75) is 6.92 Å². The molecule has 3 rings (SSSR count). The number of methoxy groups -OCH3 is 2. The Morgan fingerprint density at radius 3 is 2.13 bits per heavy atom. The summed E-state index contributed by atoms with van der Waals surface area (Å²) in [5.74, 6) is 2.16. The van der Waals surface area contributed by atoms with Gasteiger partial charge in [0.2, 0.25) is 0 Å². The molecule has 6 heteroatoms. The van der Waals surface area contributed by atoms with E-state index in [1.165, 1.54) is 0 Å². The summed E-state index contributed by atoms with van der Waals surface area (Å²) in [6.07, 6.45) is 1.56. The van der Waals surface area contributed by atoms with E-state index in [9.17, 15) is 5.11 Å². The number of aromatic hydroxyl groups is 1. The van der Waals surface area contributed by atoms with Crippen LogP contribution in [0.2, 0.25) is 0 Å². The van der Waals surface area contributed by atoms with Gasteiger partial charge in [0.15, 0.2) is 11.5 Å². The quantitative estimate of drug-likeness (QED) is 0.437. The zero-order valence-corrected chi connectivity index (χ0v) is 18.4. The van der Waals surface area contributed by atoms with Gasteiger partial charge in [0, 0.05) is 5.56 Å². The number of hydrogen-bond acceptors (Lipinski definition) is 4. The van der Waals surface area contributed by atoms with Crippen LogP contribution >= 0.6 is 23.2 Å². The van der Waals surface area contributed by atoms with E-state index in [4.69, 9.17) is 37.4 Å². The minimum absolute atomic E-state index is 0.155. The molecule has 0 aliphatic carbocycles. The molecular weight excluding hydrogens is 423 g/mol. The Hall–Kier alpha value is -2.82. The van der Waals surface area contributed by atoms with Crippen LogP contribution in [0.5, 0.6) is 23.0 Å². The van der Waals surface area contributed by atoms with E-state index >= 15 is 0 Å². The highest BCUT2D eigenvalue weighted by molar-refractivity contribution is 6.55. The highest BCUT2D eigenvalue weighted by atomic mass is 35.5. The van der Waals surface area contributed by atoms with E-state index in [0.29, 0.717) is 11.5 Å². The number of phenolic OH excluding ortho intramolecular Hbond substituents is 1. The fourth-order valence-corrected chi connectivity index (χ4v) is 3.31. The fraction of sp³-hybridized carbons (Fsp3) is 0.167. The van der Waals surface area contributed by atoms with Crippen molar-refractivity contribution in [3.63, 3.8) is 0 Å². The molecule has 156 valence electrons. The summed E-state index contributed by atoms with van der Waals surface area (Å²) in [7, 11) is 3.24. The lowest BCUT2D eigenvalue weighted by molar-refractivity contribution is 0.326. The molecule has 30 heavy (non-hydrogen) atoms. The first-order valence-electron chi connectivity index (χ1n) is 9.23. The predicted octanol–water partition coefficient (Wildman–Crippen LogP) is 6.75. The van der Waals surface area contributed by atoms with Gasteiger partial charge in [0.05, 0.1) is 14.2 Å². The fourth-order valence-electron chi connectivity index (χ4n) is 3.18. The maximum absolute atomic E-state index is 9.56. The summed E-state index contributed by atoms with van der Waals surface area (Å²) in [6.45, 7) is 2.29. The van der Waals surface area contributed by atoms with E-state index in [-0.39, 0.29) is 16.8 Å². The molecule has 1 N–H and O–H groups in total. The Labute approximate surface area is 186 Å². The van der Waals surface area contributed by atoms with Gasteiger partial charge >= 0.3 is 0 Å². The van der Waals surface area contributed by atoms with Crippen LogP contribution in [0.15, 0.2) is 65.2 Å². The van der Waals surface area contributed by atoms with Crippen molar-refractivity contribution in [3.8, 4) is 45.3 Å². The molecule has 0 radical (unpaired) electrons. The number of ether oxygens (including phenoxy) is 3. The van der Waals surface area contributed by atoms with Crippen LogP contribution in [0.25, 0.3) is 22.3 Å². The van der Waals surface area contributed by atoms with Gasteiger partial charge in [-0.3, -0.25) is 0 Å². The summed E-state index contributed by atoms with van der Waals surface area (Å²) >= 11 is 11.2. The van der Waals surface area contributed by atoms with Crippen LogP contribution in [-0.2, 0) is 0 Å². The summed E-state index contributed by atoms with van der Waals surface area (Å²) in [4.78, 5) is 0. The molecular formula is C24H22Cl2O4. The first-order chi connectivity index (χ1) is 14.4. The molecule has 0 heterocycles. The van der Waals surface area contributed by atoms with Gasteiger partial charge in [-0.1, -0.05) is 41.4 Å². The Balaban J connectivity index is 1.99. The molecule has 3 aromatic rings. The molecule has 0 bridgehead atoms. The normalized spacial score (nSPS) is 10.4. The number of phenols is 1. The molecule has 4 nitrogen and oxygen atoms in total. The minimum atomic E-state index is 0.155. The third kappa shape index (κ3) is 5.02. The van der Waals surface area contributed by atoms with Crippen molar-refractivity contribution < 1.29 is 19.3 Å². The van der Waals surface area contributed by atoms with Crippen LogP contribution in [0, 0.1) is 6.92 Å². The van der Waals surface area contributed by atoms with E-state index < -0.39 is 0 Å². The smallest absolute Gasteiger partial charge is 0.161 e. The SMILES string of the molecule is COc1cc(-c2cc(OC)c(-c3ccc(O)cc3)cc2C)ccc1OCC=C(Cl)Cl. The first-order valence-corrected chi connectivity index (χ1v) is 9.99. The molecule has 0 fully saturated rings. The Morgan fingerprint density at radius 2 is 1.50 bits per heavy atom. The third-order valence-electron chi connectivity index (χ3n) is 4.68. The van der Waals surface area contributed by atoms with E-state index in [2.05, 4.69) is 6.07 Å². The van der Waals surface area contributed by atoms with Crippen molar-refractivity contribution in [1.29, 1.82) is 0 Å². The maximum atomic E-state index is 9.56. The second-order valence-electron chi connectivity index (χ2n) is 6.58. The molecule has 0 aliphatic rings. The lowest BCUT2D eigenvalue weighted by Crippen LogP contribution is -1.97. The van der Waals surface area contributed by atoms with Gasteiger partial charge < -0.3 is 19.3 Å². The van der Waals surface area contributed by atoms with Gasteiger partial charge in [-0.05, 0) is 71.7 Å². The molecule has 0 atom stereocenters. The van der Waals surface area contributed by atoms with Crippen molar-refractivity contribution in [2.75, 3.05) is 20.8 Å². The molecule has 3 aromatic carbocycles. The summed E-state index contributed by atoms with van der Waals surface area (Å²) in [5, 5.41) is 9.56. The average Bonchev–Trinajstić information content (AvgIpc) is 2.74. The van der Waals surface area contributed by atoms with Crippen molar-refractivity contribution in [1.82, 2.24) is 0 Å². The maximum Gasteiger partial charge on any atom is 0.161 e. The molecule has 0 aromatic heterocycles. The lowest BCUT2D eigenvalue weighted by atomic mass is 9.94. The van der Waals surface area contributed by atoms with Gasteiger partial charge in [-0.25, -0.2) is 0 Å². The Bertz CT molecular complexity index is 1060. The van der Waals surface area contributed by atoms with E-state index in [0.717, 1.165) is 33.6 Å². The Kier molecular flexibility index (Phi) is 7.14. The first kappa shape index (κ1) is 21.9. The van der Waals surface area contributed by atoms with Gasteiger partial charge in [0.25, 0.3) is 0 Å². The molecule has 0 aliphatic heterocycles. The van der Waals surface area contributed by atoms with Crippen LogP contribution in [0.4, 0.5) is 0 Å². The second-order valence-corrected chi connectivity index (χ2v) is 7.59. The Morgan fingerprint density at radius 1 is 0.833 bits per heavy atom. The largest absolute Gasteiger partial charge is 0.508 e. The third-order valence-corrected chi connectivity index (χ3v) is 4.98. The van der Waals surface area contributed by atoms with Crippen LogP contribution in [-0.4, -0.2) is 25.9 Å². The summed E-state index contributed by atoms with van der Waals surface area (Å²) in [6, 6.07) is 16.9. The number of hydrogen-bond donors (Lipinski definition) is 1. The van der Waals surface area contributed by atoms with Crippen LogP contribution < -0.4 is 14.2 Å². The number of benzene rings is 3. The van der Waals surface area contributed by atoms with Gasteiger partial charge in [-0.15, -0.1) is 0 Å².